The smallest absolute Gasteiger partial charge is 0.224 e. The molecule has 0 saturated heterocycles. The number of halogens is 3. The van der Waals surface area contributed by atoms with Crippen molar-refractivity contribution in [1.82, 2.24) is 5.32 Å². The Kier molecular flexibility index (Phi) is 7.40. The summed E-state index contributed by atoms with van der Waals surface area (Å²) in [6, 6.07) is 12.7. The van der Waals surface area contributed by atoms with Crippen molar-refractivity contribution in [3.05, 3.63) is 63.6 Å². The molecule has 0 unspecified atom stereocenters. The Morgan fingerprint density at radius 2 is 1.75 bits per heavy atom. The summed E-state index contributed by atoms with van der Waals surface area (Å²) in [6.07, 6.45) is 0.939. The highest BCUT2D eigenvalue weighted by molar-refractivity contribution is 6.35. The molecule has 0 aliphatic carbocycles. The Morgan fingerprint density at radius 3 is 2.33 bits per heavy atom. The number of benzene rings is 2. The highest BCUT2D eigenvalue weighted by atomic mass is 35.5. The summed E-state index contributed by atoms with van der Waals surface area (Å²) in [6.45, 7) is 3.94. The fourth-order valence-electron chi connectivity index (χ4n) is 2.43. The van der Waals surface area contributed by atoms with Gasteiger partial charge in [0.05, 0.1) is 6.42 Å². The summed E-state index contributed by atoms with van der Waals surface area (Å²) >= 11 is 12.1. The lowest BCUT2D eigenvalue weighted by molar-refractivity contribution is -0.122. The molecule has 0 aromatic heterocycles. The summed E-state index contributed by atoms with van der Waals surface area (Å²) in [5, 5.41) is 4.26. The summed E-state index contributed by atoms with van der Waals surface area (Å²) in [7, 11) is 0. The predicted octanol–water partition coefficient (Wildman–Crippen LogP) is 4.68. The van der Waals surface area contributed by atoms with Crippen LogP contribution in [0.4, 0.5) is 5.69 Å². The number of rotatable bonds is 5. The lowest BCUT2D eigenvalue weighted by Crippen LogP contribution is -2.45. The van der Waals surface area contributed by atoms with Crippen LogP contribution in [0.1, 0.15) is 25.0 Å². The molecule has 0 atom stereocenters. The Bertz CT molecular complexity index is 700. The Morgan fingerprint density at radius 1 is 1.12 bits per heavy atom. The van der Waals surface area contributed by atoms with Crippen molar-refractivity contribution in [1.29, 1.82) is 0 Å². The van der Waals surface area contributed by atoms with Crippen LogP contribution in [0.5, 0.6) is 0 Å². The van der Waals surface area contributed by atoms with E-state index in [0.29, 0.717) is 28.6 Å². The fraction of sp³-hybridized carbons (Fsp3) is 0.278. The first kappa shape index (κ1) is 20.6. The van der Waals surface area contributed by atoms with Gasteiger partial charge in [0.1, 0.15) is 0 Å². The number of nitrogen functional groups attached to an aromatic ring is 1. The molecule has 0 spiro atoms. The third kappa shape index (κ3) is 6.23. The van der Waals surface area contributed by atoms with Crippen molar-refractivity contribution < 1.29 is 4.79 Å². The maximum Gasteiger partial charge on any atom is 0.224 e. The second kappa shape index (κ2) is 8.61. The van der Waals surface area contributed by atoms with Gasteiger partial charge in [-0.3, -0.25) is 4.79 Å². The summed E-state index contributed by atoms with van der Waals surface area (Å²) in [4.78, 5) is 12.2. The van der Waals surface area contributed by atoms with Gasteiger partial charge in [0.25, 0.3) is 0 Å². The molecule has 3 nitrogen and oxygen atoms in total. The van der Waals surface area contributed by atoms with Gasteiger partial charge in [0, 0.05) is 21.3 Å². The zero-order valence-corrected chi connectivity index (χ0v) is 15.9. The Hall–Kier alpha value is -1.42. The number of nitrogens with two attached hydrogens (primary N) is 1. The monoisotopic (exact) mass is 386 g/mol. The molecule has 0 heterocycles. The van der Waals surface area contributed by atoms with Crippen LogP contribution in [0.25, 0.3) is 0 Å². The van der Waals surface area contributed by atoms with Crippen molar-refractivity contribution in [2.24, 2.45) is 0 Å². The van der Waals surface area contributed by atoms with Gasteiger partial charge >= 0.3 is 0 Å². The molecule has 6 heteroatoms. The molecule has 24 heavy (non-hydrogen) atoms. The van der Waals surface area contributed by atoms with Gasteiger partial charge in [-0.15, -0.1) is 12.4 Å². The average Bonchev–Trinajstić information content (AvgIpc) is 2.44. The van der Waals surface area contributed by atoms with Crippen LogP contribution in [-0.2, 0) is 17.6 Å². The van der Waals surface area contributed by atoms with E-state index in [4.69, 9.17) is 28.9 Å². The molecule has 3 N–H and O–H groups in total. The molecule has 0 bridgehead atoms. The Balaban J connectivity index is 0.00000288. The lowest BCUT2D eigenvalue weighted by atomic mass is 9.94. The minimum Gasteiger partial charge on any atom is -0.399 e. The van der Waals surface area contributed by atoms with Crippen molar-refractivity contribution in [2.45, 2.75) is 32.2 Å². The molecule has 0 aliphatic heterocycles. The predicted molar refractivity (Wildman–Crippen MR) is 104 cm³/mol. The van der Waals surface area contributed by atoms with E-state index in [1.165, 1.54) is 0 Å². The first-order valence-electron chi connectivity index (χ1n) is 7.34. The highest BCUT2D eigenvalue weighted by Crippen LogP contribution is 2.24. The van der Waals surface area contributed by atoms with E-state index >= 15 is 0 Å². The molecule has 0 fully saturated rings. The average molecular weight is 388 g/mol. The topological polar surface area (TPSA) is 55.1 Å². The minimum atomic E-state index is -0.414. The van der Waals surface area contributed by atoms with Crippen molar-refractivity contribution in [2.75, 3.05) is 5.73 Å². The number of anilines is 1. The molecule has 0 aliphatic rings. The van der Waals surface area contributed by atoms with E-state index in [0.717, 1.165) is 11.1 Å². The highest BCUT2D eigenvalue weighted by Gasteiger charge is 2.22. The van der Waals surface area contributed by atoms with Gasteiger partial charge in [-0.2, -0.15) is 0 Å². The first-order chi connectivity index (χ1) is 10.7. The summed E-state index contributed by atoms with van der Waals surface area (Å²) in [5.41, 5.74) is 7.80. The third-order valence-corrected chi connectivity index (χ3v) is 4.06. The molecule has 2 aromatic rings. The second-order valence-corrected chi connectivity index (χ2v) is 7.11. The van der Waals surface area contributed by atoms with Crippen LogP contribution in [-0.4, -0.2) is 11.4 Å². The van der Waals surface area contributed by atoms with E-state index in [9.17, 15) is 4.79 Å². The molecule has 2 rings (SSSR count). The maximum absolute atomic E-state index is 12.2. The zero-order chi connectivity index (χ0) is 17.0. The van der Waals surface area contributed by atoms with Gasteiger partial charge in [0.2, 0.25) is 5.91 Å². The third-order valence-electron chi connectivity index (χ3n) is 3.47. The van der Waals surface area contributed by atoms with Gasteiger partial charge < -0.3 is 11.1 Å². The number of hydrogen-bond donors (Lipinski definition) is 2. The second-order valence-electron chi connectivity index (χ2n) is 6.26. The van der Waals surface area contributed by atoms with E-state index in [-0.39, 0.29) is 18.3 Å². The van der Waals surface area contributed by atoms with Crippen LogP contribution in [0, 0.1) is 0 Å². The SMILES string of the molecule is CC(C)(Cc1ccc(Cl)cc1Cl)NC(=O)Cc1ccc(N)cc1.Cl. The van der Waals surface area contributed by atoms with Crippen molar-refractivity contribution in [3.8, 4) is 0 Å². The first-order valence-corrected chi connectivity index (χ1v) is 8.10. The molecular formula is C18H21Cl3N2O. The Labute approximate surface area is 158 Å². The van der Waals surface area contributed by atoms with E-state index in [1.807, 2.05) is 32.0 Å². The van der Waals surface area contributed by atoms with E-state index < -0.39 is 5.54 Å². The van der Waals surface area contributed by atoms with Gasteiger partial charge in [-0.05, 0) is 55.7 Å². The molecule has 0 radical (unpaired) electrons. The minimum absolute atomic E-state index is 0. The molecule has 2 aromatic carbocycles. The normalized spacial score (nSPS) is 10.8. The molecular weight excluding hydrogens is 367 g/mol. The van der Waals surface area contributed by atoms with Crippen LogP contribution in [0.2, 0.25) is 10.0 Å². The number of carbonyl (C=O) groups excluding carboxylic acids is 1. The van der Waals surface area contributed by atoms with Crippen LogP contribution in [0.15, 0.2) is 42.5 Å². The number of nitrogens with one attached hydrogen (secondary N) is 1. The van der Waals surface area contributed by atoms with Gasteiger partial charge in [-0.1, -0.05) is 41.4 Å². The standard InChI is InChI=1S/C18H20Cl2N2O.ClH/c1-18(2,11-13-5-6-14(19)10-16(13)20)22-17(23)9-12-3-7-15(21)8-4-12;/h3-8,10H,9,11,21H2,1-2H3,(H,22,23);1H. The summed E-state index contributed by atoms with van der Waals surface area (Å²) < 4.78 is 0. The molecule has 1 amide bonds. The summed E-state index contributed by atoms with van der Waals surface area (Å²) in [5.74, 6) is -0.0372. The number of amides is 1. The van der Waals surface area contributed by atoms with E-state index in [1.54, 1.807) is 24.3 Å². The quantitative estimate of drug-likeness (QED) is 0.732. The number of carbonyl (C=O) groups is 1. The zero-order valence-electron chi connectivity index (χ0n) is 13.6. The van der Waals surface area contributed by atoms with Crippen molar-refractivity contribution in [3.63, 3.8) is 0 Å². The van der Waals surface area contributed by atoms with Crippen molar-refractivity contribution >= 4 is 47.2 Å². The largest absolute Gasteiger partial charge is 0.399 e. The molecule has 0 saturated carbocycles. The van der Waals surface area contributed by atoms with Gasteiger partial charge in [0.15, 0.2) is 0 Å². The maximum atomic E-state index is 12.2. The fourth-order valence-corrected chi connectivity index (χ4v) is 2.90. The van der Waals surface area contributed by atoms with Gasteiger partial charge in [-0.25, -0.2) is 0 Å². The van der Waals surface area contributed by atoms with Crippen LogP contribution in [0.3, 0.4) is 0 Å². The number of hydrogen-bond acceptors (Lipinski definition) is 2. The lowest BCUT2D eigenvalue weighted by Gasteiger charge is -2.27. The van der Waals surface area contributed by atoms with Crippen LogP contribution < -0.4 is 11.1 Å². The van der Waals surface area contributed by atoms with E-state index in [2.05, 4.69) is 5.32 Å². The van der Waals surface area contributed by atoms with Crippen LogP contribution >= 0.6 is 35.6 Å². The molecule has 130 valence electrons.